The molecule has 2 unspecified atom stereocenters. The standard InChI is InChI=1S/C12H14F3N3O/c13-12(14,15)9-3-4-10(18-17-9)16-8-5-6-19-11(8)7-1-2-7/h3-4,7-8,11H,1-2,5-6H2,(H,16,18). The maximum Gasteiger partial charge on any atom is 0.435 e. The van der Waals surface area contributed by atoms with Crippen molar-refractivity contribution in [2.24, 2.45) is 5.92 Å². The molecule has 2 aliphatic rings. The van der Waals surface area contributed by atoms with E-state index in [1.807, 2.05) is 0 Å². The van der Waals surface area contributed by atoms with Crippen molar-refractivity contribution in [3.05, 3.63) is 17.8 Å². The van der Waals surface area contributed by atoms with Gasteiger partial charge in [0.2, 0.25) is 0 Å². The Morgan fingerprint density at radius 2 is 1.95 bits per heavy atom. The zero-order valence-electron chi connectivity index (χ0n) is 10.2. The number of anilines is 1. The zero-order valence-corrected chi connectivity index (χ0v) is 10.2. The van der Waals surface area contributed by atoms with E-state index in [1.54, 1.807) is 0 Å². The second kappa shape index (κ2) is 4.63. The first-order valence-corrected chi connectivity index (χ1v) is 6.33. The van der Waals surface area contributed by atoms with Crippen molar-refractivity contribution in [3.63, 3.8) is 0 Å². The first-order valence-electron chi connectivity index (χ1n) is 6.33. The van der Waals surface area contributed by atoms with Gasteiger partial charge in [-0.15, -0.1) is 10.2 Å². The summed E-state index contributed by atoms with van der Waals surface area (Å²) in [6, 6.07) is 2.38. The van der Waals surface area contributed by atoms with Crippen molar-refractivity contribution in [1.82, 2.24) is 10.2 Å². The molecule has 7 heteroatoms. The molecule has 0 radical (unpaired) electrons. The Labute approximate surface area is 108 Å². The topological polar surface area (TPSA) is 47.0 Å². The van der Waals surface area contributed by atoms with Crippen molar-refractivity contribution in [1.29, 1.82) is 0 Å². The molecule has 0 spiro atoms. The van der Waals surface area contributed by atoms with Crippen molar-refractivity contribution in [3.8, 4) is 0 Å². The Hall–Kier alpha value is -1.37. The number of alkyl halides is 3. The van der Waals surface area contributed by atoms with E-state index in [0.29, 0.717) is 18.3 Å². The van der Waals surface area contributed by atoms with Crippen LogP contribution in [0.2, 0.25) is 0 Å². The highest BCUT2D eigenvalue weighted by atomic mass is 19.4. The maximum atomic E-state index is 12.4. The quantitative estimate of drug-likeness (QED) is 0.919. The number of aromatic nitrogens is 2. The summed E-state index contributed by atoms with van der Waals surface area (Å²) >= 11 is 0. The van der Waals surface area contributed by atoms with Crippen LogP contribution in [-0.4, -0.2) is 29.0 Å². The van der Waals surface area contributed by atoms with E-state index >= 15 is 0 Å². The number of hydrogen-bond donors (Lipinski definition) is 1. The summed E-state index contributed by atoms with van der Waals surface area (Å²) in [6.07, 6.45) is -1.10. The number of rotatable bonds is 3. The molecule has 1 saturated heterocycles. The molecule has 1 aromatic heterocycles. The third kappa shape index (κ3) is 2.80. The molecular weight excluding hydrogens is 259 g/mol. The van der Waals surface area contributed by atoms with Crippen LogP contribution in [0.4, 0.5) is 19.0 Å². The number of nitrogens with zero attached hydrogens (tertiary/aromatic N) is 2. The van der Waals surface area contributed by atoms with Crippen molar-refractivity contribution in [2.45, 2.75) is 37.6 Å². The van der Waals surface area contributed by atoms with Gasteiger partial charge in [-0.2, -0.15) is 13.2 Å². The van der Waals surface area contributed by atoms with Crippen LogP contribution in [0.15, 0.2) is 12.1 Å². The van der Waals surface area contributed by atoms with Gasteiger partial charge in [-0.05, 0) is 37.3 Å². The molecule has 1 aromatic rings. The Bertz CT molecular complexity index is 445. The normalized spacial score (nSPS) is 27.5. The minimum atomic E-state index is -4.45. The molecule has 19 heavy (non-hydrogen) atoms. The van der Waals surface area contributed by atoms with Crippen LogP contribution in [0.5, 0.6) is 0 Å². The van der Waals surface area contributed by atoms with Crippen LogP contribution in [-0.2, 0) is 10.9 Å². The smallest absolute Gasteiger partial charge is 0.376 e. The first-order chi connectivity index (χ1) is 9.04. The number of halogens is 3. The fraction of sp³-hybridized carbons (Fsp3) is 0.667. The Balaban J connectivity index is 1.66. The second-order valence-electron chi connectivity index (χ2n) is 5.01. The van der Waals surface area contributed by atoms with Crippen molar-refractivity contribution < 1.29 is 17.9 Å². The second-order valence-corrected chi connectivity index (χ2v) is 5.01. The number of hydrogen-bond acceptors (Lipinski definition) is 4. The summed E-state index contributed by atoms with van der Waals surface area (Å²) in [7, 11) is 0. The largest absolute Gasteiger partial charge is 0.435 e. The molecule has 104 valence electrons. The van der Waals surface area contributed by atoms with E-state index in [0.717, 1.165) is 12.5 Å². The van der Waals surface area contributed by atoms with Gasteiger partial charge in [0.25, 0.3) is 0 Å². The van der Waals surface area contributed by atoms with Crippen LogP contribution in [0, 0.1) is 5.92 Å². The molecule has 2 fully saturated rings. The summed E-state index contributed by atoms with van der Waals surface area (Å²) in [4.78, 5) is 0. The lowest BCUT2D eigenvalue weighted by Crippen LogP contribution is -2.31. The summed E-state index contributed by atoms with van der Waals surface area (Å²) in [5.41, 5.74) is -0.973. The molecule has 1 N–H and O–H groups in total. The average Bonchev–Trinajstić information content (AvgIpc) is 3.10. The summed E-state index contributed by atoms with van der Waals surface area (Å²) in [6.45, 7) is 0.687. The summed E-state index contributed by atoms with van der Waals surface area (Å²) in [5, 5.41) is 9.91. The highest BCUT2D eigenvalue weighted by molar-refractivity contribution is 5.35. The third-order valence-electron chi connectivity index (χ3n) is 3.51. The lowest BCUT2D eigenvalue weighted by molar-refractivity contribution is -0.141. The van der Waals surface area contributed by atoms with Gasteiger partial charge >= 0.3 is 6.18 Å². The summed E-state index contributed by atoms with van der Waals surface area (Å²) < 4.78 is 42.7. The van der Waals surface area contributed by atoms with Crippen LogP contribution >= 0.6 is 0 Å². The maximum absolute atomic E-state index is 12.4. The van der Waals surface area contributed by atoms with Crippen LogP contribution < -0.4 is 5.32 Å². The van der Waals surface area contributed by atoms with Gasteiger partial charge < -0.3 is 10.1 Å². The van der Waals surface area contributed by atoms with E-state index in [4.69, 9.17) is 4.74 Å². The molecule has 0 bridgehead atoms. The SMILES string of the molecule is FC(F)(F)c1ccc(NC2CCOC2C2CC2)nn1. The molecule has 2 atom stereocenters. The molecule has 1 saturated carbocycles. The van der Waals surface area contributed by atoms with Gasteiger partial charge in [0.05, 0.1) is 12.1 Å². The molecule has 4 nitrogen and oxygen atoms in total. The Morgan fingerprint density at radius 1 is 1.16 bits per heavy atom. The fourth-order valence-corrected chi connectivity index (χ4v) is 2.41. The monoisotopic (exact) mass is 273 g/mol. The van der Waals surface area contributed by atoms with E-state index < -0.39 is 11.9 Å². The minimum absolute atomic E-state index is 0.124. The van der Waals surface area contributed by atoms with Crippen molar-refractivity contribution in [2.75, 3.05) is 11.9 Å². The number of ether oxygens (including phenoxy) is 1. The zero-order chi connectivity index (χ0) is 13.5. The lowest BCUT2D eigenvalue weighted by Gasteiger charge is -2.19. The van der Waals surface area contributed by atoms with E-state index in [-0.39, 0.29) is 12.1 Å². The van der Waals surface area contributed by atoms with E-state index in [1.165, 1.54) is 18.9 Å². The average molecular weight is 273 g/mol. The molecule has 2 heterocycles. The highest BCUT2D eigenvalue weighted by Crippen LogP contribution is 2.39. The van der Waals surface area contributed by atoms with Crippen LogP contribution in [0.1, 0.15) is 25.0 Å². The van der Waals surface area contributed by atoms with Gasteiger partial charge in [0, 0.05) is 6.61 Å². The first kappa shape index (κ1) is 12.7. The van der Waals surface area contributed by atoms with Gasteiger partial charge in [-0.1, -0.05) is 0 Å². The summed E-state index contributed by atoms with van der Waals surface area (Å²) in [5.74, 6) is 0.955. The lowest BCUT2D eigenvalue weighted by atomic mass is 10.1. The van der Waals surface area contributed by atoms with Crippen LogP contribution in [0.25, 0.3) is 0 Å². The van der Waals surface area contributed by atoms with Gasteiger partial charge in [0.15, 0.2) is 5.69 Å². The number of nitrogens with one attached hydrogen (secondary N) is 1. The predicted molar refractivity (Wildman–Crippen MR) is 61.5 cm³/mol. The Morgan fingerprint density at radius 3 is 2.53 bits per heavy atom. The van der Waals surface area contributed by atoms with E-state index in [2.05, 4.69) is 15.5 Å². The molecule has 0 aromatic carbocycles. The molecule has 1 aliphatic carbocycles. The fourth-order valence-electron chi connectivity index (χ4n) is 2.41. The highest BCUT2D eigenvalue weighted by Gasteiger charge is 2.40. The predicted octanol–water partition coefficient (Wildman–Crippen LogP) is 2.47. The van der Waals surface area contributed by atoms with Gasteiger partial charge in [-0.25, -0.2) is 0 Å². The van der Waals surface area contributed by atoms with E-state index in [9.17, 15) is 13.2 Å². The van der Waals surface area contributed by atoms with Gasteiger partial charge in [0.1, 0.15) is 5.82 Å². The molecular formula is C12H14F3N3O. The van der Waals surface area contributed by atoms with Crippen LogP contribution in [0.3, 0.4) is 0 Å². The van der Waals surface area contributed by atoms with Crippen molar-refractivity contribution >= 4 is 5.82 Å². The third-order valence-corrected chi connectivity index (χ3v) is 3.51. The molecule has 1 aliphatic heterocycles. The van der Waals surface area contributed by atoms with Gasteiger partial charge in [-0.3, -0.25) is 0 Å². The molecule has 3 rings (SSSR count). The Kier molecular flexibility index (Phi) is 3.08. The minimum Gasteiger partial charge on any atom is -0.376 e. The molecule has 0 amide bonds.